The van der Waals surface area contributed by atoms with E-state index < -0.39 is 5.97 Å². The van der Waals surface area contributed by atoms with Gasteiger partial charge in [-0.3, -0.25) is 19.4 Å². The molecule has 24 heavy (non-hydrogen) atoms. The molecule has 1 atom stereocenters. The fourth-order valence-electron chi connectivity index (χ4n) is 2.96. The Morgan fingerprint density at radius 3 is 3.04 bits per heavy atom. The van der Waals surface area contributed by atoms with Crippen LogP contribution in [0, 0.1) is 0 Å². The first kappa shape index (κ1) is 16.2. The van der Waals surface area contributed by atoms with Crippen LogP contribution in [0.15, 0.2) is 12.3 Å². The van der Waals surface area contributed by atoms with Crippen LogP contribution < -0.4 is 10.6 Å². The number of H-pyrrole nitrogens is 1. The second kappa shape index (κ2) is 6.83. The fourth-order valence-corrected chi connectivity index (χ4v) is 2.96. The molecular weight excluding hydrogens is 312 g/mol. The molecule has 0 spiro atoms. The number of aromatic nitrogens is 4. The first-order valence-corrected chi connectivity index (χ1v) is 7.84. The lowest BCUT2D eigenvalue weighted by Crippen LogP contribution is -2.23. The second-order valence-corrected chi connectivity index (χ2v) is 5.84. The number of carboxylic acids is 1. The smallest absolute Gasteiger partial charge is 0.300 e. The molecule has 9 heteroatoms. The molecule has 1 unspecified atom stereocenters. The summed E-state index contributed by atoms with van der Waals surface area (Å²) in [5.41, 5.74) is 3.17. The number of fused-ring (bicyclic) bond motifs is 2. The number of anilines is 1. The zero-order valence-corrected chi connectivity index (χ0v) is 13.4. The summed E-state index contributed by atoms with van der Waals surface area (Å²) in [4.78, 5) is 20.8. The van der Waals surface area contributed by atoms with Crippen molar-refractivity contribution in [1.29, 1.82) is 0 Å². The molecule has 0 fully saturated rings. The minimum absolute atomic E-state index is 0.00285. The van der Waals surface area contributed by atoms with E-state index in [2.05, 4.69) is 31.6 Å². The SMILES string of the molecule is CC(=O)O.O=C1CC(c2cc3n(n2)CCCNC3)c2cn[nH]c2N1. The summed E-state index contributed by atoms with van der Waals surface area (Å²) in [5, 5.41) is 25.2. The Hall–Kier alpha value is -2.68. The first-order chi connectivity index (χ1) is 11.5. The van der Waals surface area contributed by atoms with Crippen LogP contribution in [0.1, 0.15) is 42.6 Å². The average molecular weight is 332 g/mol. The molecule has 4 N–H and O–H groups in total. The van der Waals surface area contributed by atoms with Gasteiger partial charge in [0.25, 0.3) is 5.97 Å². The Bertz CT molecular complexity index is 723. The van der Waals surface area contributed by atoms with Crippen molar-refractivity contribution in [1.82, 2.24) is 25.3 Å². The van der Waals surface area contributed by atoms with Crippen molar-refractivity contribution < 1.29 is 14.7 Å². The van der Waals surface area contributed by atoms with Gasteiger partial charge in [0.15, 0.2) is 0 Å². The quantitative estimate of drug-likeness (QED) is 0.608. The number of nitrogens with zero attached hydrogens (tertiary/aromatic N) is 3. The van der Waals surface area contributed by atoms with Crippen molar-refractivity contribution in [2.24, 2.45) is 0 Å². The molecule has 0 saturated heterocycles. The minimum Gasteiger partial charge on any atom is -0.481 e. The van der Waals surface area contributed by atoms with Crippen LogP contribution in [-0.4, -0.2) is 43.5 Å². The molecule has 0 radical (unpaired) electrons. The third-order valence-electron chi connectivity index (χ3n) is 3.97. The number of hydrogen-bond donors (Lipinski definition) is 4. The third-order valence-corrected chi connectivity index (χ3v) is 3.97. The van der Waals surface area contributed by atoms with Gasteiger partial charge >= 0.3 is 0 Å². The number of carboxylic acid groups (broad SMARTS) is 1. The molecule has 2 aromatic heterocycles. The van der Waals surface area contributed by atoms with Gasteiger partial charge in [-0.25, -0.2) is 0 Å². The number of aromatic amines is 1. The Balaban J connectivity index is 0.000000383. The lowest BCUT2D eigenvalue weighted by molar-refractivity contribution is -0.134. The van der Waals surface area contributed by atoms with E-state index in [1.54, 1.807) is 6.20 Å². The maximum Gasteiger partial charge on any atom is 0.300 e. The number of carbonyl (C=O) groups excluding carboxylic acids is 1. The molecule has 128 valence electrons. The Morgan fingerprint density at radius 2 is 2.25 bits per heavy atom. The predicted molar refractivity (Wildman–Crippen MR) is 85.5 cm³/mol. The molecule has 2 aliphatic rings. The topological polar surface area (TPSA) is 125 Å². The van der Waals surface area contributed by atoms with Gasteiger partial charge in [-0.15, -0.1) is 0 Å². The van der Waals surface area contributed by atoms with Crippen molar-refractivity contribution in [2.45, 2.75) is 38.8 Å². The van der Waals surface area contributed by atoms with Crippen molar-refractivity contribution in [3.8, 4) is 0 Å². The molecule has 4 rings (SSSR count). The maximum atomic E-state index is 11.8. The Labute approximate surface area is 138 Å². The molecule has 0 bridgehead atoms. The van der Waals surface area contributed by atoms with Crippen LogP contribution in [0.25, 0.3) is 0 Å². The number of rotatable bonds is 1. The third kappa shape index (κ3) is 3.46. The van der Waals surface area contributed by atoms with Gasteiger partial charge in [-0.05, 0) is 19.0 Å². The standard InChI is InChI=1S/C13H16N6O.C2H4O2/c20-12-5-9(10-7-15-17-13(10)16-12)11-4-8-6-14-2-1-3-19(8)18-11;1-2(3)4/h4,7,9,14H,1-3,5-6H2,(H2,15,16,17,20);1H3,(H,3,4). The molecule has 1 amide bonds. The highest BCUT2D eigenvalue weighted by Crippen LogP contribution is 2.35. The number of nitrogens with one attached hydrogen (secondary N) is 3. The molecule has 0 aromatic carbocycles. The normalized spacial score (nSPS) is 19.2. The summed E-state index contributed by atoms with van der Waals surface area (Å²) in [6.07, 6.45) is 3.29. The average Bonchev–Trinajstić information content (AvgIpc) is 3.08. The van der Waals surface area contributed by atoms with Crippen LogP contribution in [0.3, 0.4) is 0 Å². The molecular formula is C15H20N6O3. The minimum atomic E-state index is -0.833. The zero-order chi connectivity index (χ0) is 17.1. The van der Waals surface area contributed by atoms with Crippen LogP contribution in [0.5, 0.6) is 0 Å². The molecule has 9 nitrogen and oxygen atoms in total. The Morgan fingerprint density at radius 1 is 1.46 bits per heavy atom. The van der Waals surface area contributed by atoms with E-state index in [0.717, 1.165) is 44.2 Å². The largest absolute Gasteiger partial charge is 0.481 e. The summed E-state index contributed by atoms with van der Waals surface area (Å²) in [7, 11) is 0. The Kier molecular flexibility index (Phi) is 4.61. The van der Waals surface area contributed by atoms with E-state index in [1.165, 1.54) is 5.69 Å². The lowest BCUT2D eigenvalue weighted by Gasteiger charge is -2.20. The predicted octanol–water partition coefficient (Wildman–Crippen LogP) is 0.664. The van der Waals surface area contributed by atoms with Gasteiger partial charge in [-0.2, -0.15) is 10.2 Å². The summed E-state index contributed by atoms with van der Waals surface area (Å²) >= 11 is 0. The maximum absolute atomic E-state index is 11.8. The summed E-state index contributed by atoms with van der Waals surface area (Å²) in [6, 6.07) is 2.11. The van der Waals surface area contributed by atoms with E-state index in [9.17, 15) is 4.79 Å². The van der Waals surface area contributed by atoms with Crippen molar-refractivity contribution in [3.63, 3.8) is 0 Å². The molecule has 2 aromatic rings. The van der Waals surface area contributed by atoms with E-state index in [-0.39, 0.29) is 11.8 Å². The second-order valence-electron chi connectivity index (χ2n) is 5.84. The monoisotopic (exact) mass is 332 g/mol. The van der Waals surface area contributed by atoms with Crippen molar-refractivity contribution in [3.05, 3.63) is 29.2 Å². The van der Waals surface area contributed by atoms with Gasteiger partial charge in [0.05, 0.1) is 17.6 Å². The van der Waals surface area contributed by atoms with Crippen LogP contribution in [0.2, 0.25) is 0 Å². The zero-order valence-electron chi connectivity index (χ0n) is 13.4. The number of carbonyl (C=O) groups is 2. The van der Waals surface area contributed by atoms with Gasteiger partial charge in [0.1, 0.15) is 5.82 Å². The number of aliphatic carboxylic acids is 1. The fraction of sp³-hybridized carbons (Fsp3) is 0.467. The van der Waals surface area contributed by atoms with E-state index in [0.29, 0.717) is 12.2 Å². The van der Waals surface area contributed by atoms with Crippen LogP contribution in [-0.2, 0) is 22.7 Å². The number of amides is 1. The molecule has 4 heterocycles. The van der Waals surface area contributed by atoms with Gasteiger partial charge < -0.3 is 15.7 Å². The summed E-state index contributed by atoms with van der Waals surface area (Å²) in [6.45, 7) is 3.88. The van der Waals surface area contributed by atoms with E-state index >= 15 is 0 Å². The van der Waals surface area contributed by atoms with Crippen LogP contribution >= 0.6 is 0 Å². The first-order valence-electron chi connectivity index (χ1n) is 7.84. The molecule has 2 aliphatic heterocycles. The summed E-state index contributed by atoms with van der Waals surface area (Å²) in [5.74, 6) is -0.127. The van der Waals surface area contributed by atoms with Gasteiger partial charge in [0, 0.05) is 37.9 Å². The molecule has 0 saturated carbocycles. The van der Waals surface area contributed by atoms with Gasteiger partial charge in [-0.1, -0.05) is 0 Å². The van der Waals surface area contributed by atoms with E-state index in [4.69, 9.17) is 15.0 Å². The van der Waals surface area contributed by atoms with Crippen LogP contribution in [0.4, 0.5) is 5.82 Å². The van der Waals surface area contributed by atoms with Gasteiger partial charge in [0.2, 0.25) is 5.91 Å². The number of aryl methyl sites for hydroxylation is 1. The summed E-state index contributed by atoms with van der Waals surface area (Å²) < 4.78 is 2.06. The lowest BCUT2D eigenvalue weighted by atomic mass is 9.91. The molecule has 0 aliphatic carbocycles. The highest BCUT2D eigenvalue weighted by Gasteiger charge is 2.30. The van der Waals surface area contributed by atoms with E-state index in [1.807, 2.05) is 0 Å². The van der Waals surface area contributed by atoms with Crippen molar-refractivity contribution in [2.75, 3.05) is 11.9 Å². The van der Waals surface area contributed by atoms with Crippen molar-refractivity contribution >= 4 is 17.7 Å². The highest BCUT2D eigenvalue weighted by molar-refractivity contribution is 5.94. The highest BCUT2D eigenvalue weighted by atomic mass is 16.4. The number of hydrogen-bond acceptors (Lipinski definition) is 5.